The van der Waals surface area contributed by atoms with Crippen molar-refractivity contribution in [2.24, 2.45) is 0 Å². The Labute approximate surface area is 142 Å². The zero-order chi connectivity index (χ0) is 17.2. The predicted octanol–water partition coefficient (Wildman–Crippen LogP) is 4.58. The molecule has 0 aliphatic rings. The van der Waals surface area contributed by atoms with Gasteiger partial charge in [-0.05, 0) is 30.7 Å². The van der Waals surface area contributed by atoms with E-state index >= 15 is 0 Å². The summed E-state index contributed by atoms with van der Waals surface area (Å²) in [7, 11) is 0. The Kier molecular flexibility index (Phi) is 4.30. The summed E-state index contributed by atoms with van der Waals surface area (Å²) < 4.78 is 0. The Hall–Kier alpha value is -2.75. The van der Waals surface area contributed by atoms with E-state index in [9.17, 15) is 4.79 Å². The van der Waals surface area contributed by atoms with E-state index in [1.165, 1.54) is 10.9 Å². The SMILES string of the molecule is Cc1[nH]c2ccccc2c1C(C)(C)CNC(=O)Nc1ccccc1. The number of benzene rings is 2. The number of carbonyl (C=O) groups excluding carboxylic acids is 1. The van der Waals surface area contributed by atoms with Crippen LogP contribution in [0.4, 0.5) is 10.5 Å². The van der Waals surface area contributed by atoms with E-state index in [4.69, 9.17) is 0 Å². The molecule has 24 heavy (non-hydrogen) atoms. The molecule has 4 heteroatoms. The first-order chi connectivity index (χ1) is 11.5. The van der Waals surface area contributed by atoms with Crippen LogP contribution < -0.4 is 10.6 Å². The van der Waals surface area contributed by atoms with Gasteiger partial charge in [0.05, 0.1) is 0 Å². The number of aryl methyl sites for hydroxylation is 1. The Morgan fingerprint density at radius 1 is 1.04 bits per heavy atom. The average Bonchev–Trinajstić information content (AvgIpc) is 2.90. The van der Waals surface area contributed by atoms with Crippen LogP contribution in [-0.4, -0.2) is 17.6 Å². The van der Waals surface area contributed by atoms with Gasteiger partial charge in [-0.1, -0.05) is 50.2 Å². The van der Waals surface area contributed by atoms with Crippen molar-refractivity contribution >= 4 is 22.6 Å². The topological polar surface area (TPSA) is 56.9 Å². The lowest BCUT2D eigenvalue weighted by molar-refractivity contribution is 0.249. The molecule has 124 valence electrons. The Morgan fingerprint density at radius 2 is 1.71 bits per heavy atom. The monoisotopic (exact) mass is 321 g/mol. The molecule has 1 heterocycles. The number of aromatic nitrogens is 1. The molecule has 0 radical (unpaired) electrons. The molecule has 0 atom stereocenters. The zero-order valence-electron chi connectivity index (χ0n) is 14.3. The van der Waals surface area contributed by atoms with Crippen LogP contribution in [0, 0.1) is 6.92 Å². The van der Waals surface area contributed by atoms with Gasteiger partial charge in [-0.25, -0.2) is 4.79 Å². The van der Waals surface area contributed by atoms with Gasteiger partial charge >= 0.3 is 6.03 Å². The second-order valence-electron chi connectivity index (χ2n) is 6.73. The van der Waals surface area contributed by atoms with Crippen LogP contribution in [0.5, 0.6) is 0 Å². The number of nitrogens with one attached hydrogen (secondary N) is 3. The van der Waals surface area contributed by atoms with Crippen molar-refractivity contribution in [2.45, 2.75) is 26.2 Å². The summed E-state index contributed by atoms with van der Waals surface area (Å²) in [5, 5.41) is 7.05. The van der Waals surface area contributed by atoms with Crippen molar-refractivity contribution in [2.75, 3.05) is 11.9 Å². The molecule has 3 N–H and O–H groups in total. The lowest BCUT2D eigenvalue weighted by Gasteiger charge is -2.26. The van der Waals surface area contributed by atoms with Crippen molar-refractivity contribution in [3.8, 4) is 0 Å². The van der Waals surface area contributed by atoms with Gasteiger partial charge in [0, 0.05) is 34.2 Å². The number of carbonyl (C=O) groups is 1. The summed E-state index contributed by atoms with van der Waals surface area (Å²) in [6.07, 6.45) is 0. The largest absolute Gasteiger partial charge is 0.358 e. The smallest absolute Gasteiger partial charge is 0.319 e. The highest BCUT2D eigenvalue weighted by Crippen LogP contribution is 2.32. The molecule has 2 aromatic carbocycles. The van der Waals surface area contributed by atoms with E-state index in [2.05, 4.69) is 48.5 Å². The van der Waals surface area contributed by atoms with E-state index in [0.29, 0.717) is 6.54 Å². The molecule has 3 rings (SSSR count). The minimum atomic E-state index is -0.188. The lowest BCUT2D eigenvalue weighted by Crippen LogP contribution is -2.39. The first-order valence-corrected chi connectivity index (χ1v) is 8.15. The molecule has 1 aromatic heterocycles. The van der Waals surface area contributed by atoms with Gasteiger partial charge in [-0.3, -0.25) is 0 Å². The Balaban J connectivity index is 1.73. The van der Waals surface area contributed by atoms with Gasteiger partial charge in [0.15, 0.2) is 0 Å². The number of para-hydroxylation sites is 2. The van der Waals surface area contributed by atoms with Crippen LogP contribution >= 0.6 is 0 Å². The lowest BCUT2D eigenvalue weighted by atomic mass is 9.82. The summed E-state index contributed by atoms with van der Waals surface area (Å²) in [5.41, 5.74) is 4.13. The fourth-order valence-electron chi connectivity index (χ4n) is 3.24. The average molecular weight is 321 g/mol. The normalized spacial score (nSPS) is 11.5. The van der Waals surface area contributed by atoms with E-state index in [1.807, 2.05) is 42.5 Å². The first kappa shape index (κ1) is 16.1. The van der Waals surface area contributed by atoms with Crippen LogP contribution in [0.1, 0.15) is 25.1 Å². The molecule has 2 amide bonds. The van der Waals surface area contributed by atoms with Gasteiger partial charge in [0.1, 0.15) is 0 Å². The van der Waals surface area contributed by atoms with E-state index in [-0.39, 0.29) is 11.4 Å². The predicted molar refractivity (Wildman–Crippen MR) is 99.5 cm³/mol. The molecular formula is C20H23N3O. The molecule has 0 saturated heterocycles. The fraction of sp³-hybridized carbons (Fsp3) is 0.250. The fourth-order valence-corrected chi connectivity index (χ4v) is 3.24. The van der Waals surface area contributed by atoms with Crippen molar-refractivity contribution < 1.29 is 4.79 Å². The van der Waals surface area contributed by atoms with Crippen LogP contribution in [0.15, 0.2) is 54.6 Å². The molecular weight excluding hydrogens is 298 g/mol. The van der Waals surface area contributed by atoms with E-state index < -0.39 is 0 Å². The molecule has 0 bridgehead atoms. The minimum absolute atomic E-state index is 0.183. The van der Waals surface area contributed by atoms with Crippen molar-refractivity contribution in [3.05, 3.63) is 65.9 Å². The summed E-state index contributed by atoms with van der Waals surface area (Å²) in [6.45, 7) is 6.94. The molecule has 0 fully saturated rings. The molecule has 3 aromatic rings. The number of hydrogen-bond acceptors (Lipinski definition) is 1. The number of hydrogen-bond donors (Lipinski definition) is 3. The van der Waals surface area contributed by atoms with E-state index in [1.54, 1.807) is 0 Å². The van der Waals surface area contributed by atoms with Gasteiger partial charge in [0.25, 0.3) is 0 Å². The standard InChI is InChI=1S/C20H23N3O/c1-14-18(16-11-7-8-12-17(16)22-14)20(2,3)13-21-19(24)23-15-9-5-4-6-10-15/h4-12,22H,13H2,1-3H3,(H2,21,23,24). The van der Waals surface area contributed by atoms with E-state index in [0.717, 1.165) is 16.9 Å². The second-order valence-corrected chi connectivity index (χ2v) is 6.73. The van der Waals surface area contributed by atoms with Gasteiger partial charge in [-0.2, -0.15) is 0 Å². The quantitative estimate of drug-likeness (QED) is 0.647. The van der Waals surface area contributed by atoms with Gasteiger partial charge in [-0.15, -0.1) is 0 Å². The third kappa shape index (κ3) is 3.27. The molecule has 0 aliphatic heterocycles. The minimum Gasteiger partial charge on any atom is -0.358 e. The van der Waals surface area contributed by atoms with Crippen LogP contribution in [0.2, 0.25) is 0 Å². The highest BCUT2D eigenvalue weighted by molar-refractivity contribution is 5.89. The summed E-state index contributed by atoms with van der Waals surface area (Å²) >= 11 is 0. The van der Waals surface area contributed by atoms with Crippen molar-refractivity contribution in [3.63, 3.8) is 0 Å². The van der Waals surface area contributed by atoms with Crippen molar-refractivity contribution in [1.82, 2.24) is 10.3 Å². The van der Waals surface area contributed by atoms with Crippen LogP contribution in [0.3, 0.4) is 0 Å². The highest BCUT2D eigenvalue weighted by atomic mass is 16.2. The number of rotatable bonds is 4. The first-order valence-electron chi connectivity index (χ1n) is 8.15. The Morgan fingerprint density at radius 3 is 2.46 bits per heavy atom. The molecule has 0 saturated carbocycles. The number of amides is 2. The summed E-state index contributed by atoms with van der Waals surface area (Å²) in [6, 6.07) is 17.5. The third-order valence-corrected chi connectivity index (χ3v) is 4.29. The van der Waals surface area contributed by atoms with Crippen LogP contribution in [-0.2, 0) is 5.41 Å². The number of anilines is 1. The summed E-state index contributed by atoms with van der Waals surface area (Å²) in [5.74, 6) is 0. The summed E-state index contributed by atoms with van der Waals surface area (Å²) in [4.78, 5) is 15.6. The van der Waals surface area contributed by atoms with Gasteiger partial charge in [0.2, 0.25) is 0 Å². The second kappa shape index (κ2) is 6.40. The number of fused-ring (bicyclic) bond motifs is 1. The Bertz CT molecular complexity index is 850. The molecule has 0 aliphatic carbocycles. The van der Waals surface area contributed by atoms with Crippen LogP contribution in [0.25, 0.3) is 10.9 Å². The molecule has 4 nitrogen and oxygen atoms in total. The maximum Gasteiger partial charge on any atom is 0.319 e. The number of H-pyrrole nitrogens is 1. The van der Waals surface area contributed by atoms with Gasteiger partial charge < -0.3 is 15.6 Å². The molecule has 0 spiro atoms. The third-order valence-electron chi connectivity index (χ3n) is 4.29. The van der Waals surface area contributed by atoms with Crippen molar-refractivity contribution in [1.29, 1.82) is 0 Å². The molecule has 0 unspecified atom stereocenters. The number of aromatic amines is 1. The maximum atomic E-state index is 12.1. The zero-order valence-corrected chi connectivity index (χ0v) is 14.3. The number of urea groups is 1. The highest BCUT2D eigenvalue weighted by Gasteiger charge is 2.26. The maximum absolute atomic E-state index is 12.1.